The zero-order valence-electron chi connectivity index (χ0n) is 12.0. The minimum absolute atomic E-state index is 0.00241. The Labute approximate surface area is 126 Å². The predicted molar refractivity (Wildman–Crippen MR) is 81.7 cm³/mol. The molecule has 1 aromatic heterocycles. The first-order chi connectivity index (χ1) is 10.2. The lowest BCUT2D eigenvalue weighted by molar-refractivity contribution is 0.368. The number of ether oxygens (including phenoxy) is 2. The van der Waals surface area contributed by atoms with Crippen LogP contribution in [0.2, 0.25) is 0 Å². The Bertz CT molecular complexity index is 727. The highest BCUT2D eigenvalue weighted by molar-refractivity contribution is 7.99. The fourth-order valence-corrected chi connectivity index (χ4v) is 3.22. The van der Waals surface area contributed by atoms with E-state index in [4.69, 9.17) is 9.47 Å². The van der Waals surface area contributed by atoms with Crippen LogP contribution in [0.5, 0.6) is 17.4 Å². The lowest BCUT2D eigenvalue weighted by atomic mass is 10.2. The van der Waals surface area contributed by atoms with Crippen molar-refractivity contribution >= 4 is 11.8 Å². The lowest BCUT2D eigenvalue weighted by Gasteiger charge is -2.13. The Morgan fingerprint density at radius 1 is 1.33 bits per heavy atom. The van der Waals surface area contributed by atoms with Crippen LogP contribution in [0, 0.1) is 0 Å². The summed E-state index contributed by atoms with van der Waals surface area (Å²) in [5.41, 5.74) is 0.601. The summed E-state index contributed by atoms with van der Waals surface area (Å²) in [4.78, 5) is 17.0. The van der Waals surface area contributed by atoms with Gasteiger partial charge in [0.05, 0.1) is 12.7 Å². The third-order valence-electron chi connectivity index (χ3n) is 3.36. The van der Waals surface area contributed by atoms with Crippen molar-refractivity contribution in [3.05, 3.63) is 40.2 Å². The van der Waals surface area contributed by atoms with Crippen LogP contribution in [0.4, 0.5) is 0 Å². The predicted octanol–water partition coefficient (Wildman–Crippen LogP) is 2.71. The first-order valence-electron chi connectivity index (χ1n) is 6.82. The average Bonchev–Trinajstić information content (AvgIpc) is 2.97. The molecule has 2 aromatic rings. The quantitative estimate of drug-likeness (QED) is 0.813. The third kappa shape index (κ3) is 2.51. The zero-order chi connectivity index (χ0) is 14.8. The molecular formula is C15H16N2O3S. The van der Waals surface area contributed by atoms with Gasteiger partial charge in [-0.25, -0.2) is 0 Å². The van der Waals surface area contributed by atoms with Crippen molar-refractivity contribution < 1.29 is 9.47 Å². The van der Waals surface area contributed by atoms with Gasteiger partial charge in [-0.3, -0.25) is 9.36 Å². The van der Waals surface area contributed by atoms with Gasteiger partial charge < -0.3 is 9.47 Å². The van der Waals surface area contributed by atoms with E-state index in [2.05, 4.69) is 4.98 Å². The second-order valence-corrected chi connectivity index (χ2v) is 5.65. The van der Waals surface area contributed by atoms with E-state index in [0.29, 0.717) is 35.9 Å². The van der Waals surface area contributed by atoms with Crippen molar-refractivity contribution in [1.29, 1.82) is 0 Å². The Hall–Kier alpha value is -1.95. The third-order valence-corrected chi connectivity index (χ3v) is 4.32. The molecule has 5 nitrogen and oxygen atoms in total. The van der Waals surface area contributed by atoms with Crippen LogP contribution in [-0.2, 0) is 13.0 Å². The smallest absolute Gasteiger partial charge is 0.261 e. The fourth-order valence-electron chi connectivity index (χ4n) is 2.29. The van der Waals surface area contributed by atoms with Crippen molar-refractivity contribution in [2.24, 2.45) is 0 Å². The molecule has 0 aliphatic carbocycles. The monoisotopic (exact) mass is 304 g/mol. The number of hydrogen-bond acceptors (Lipinski definition) is 5. The Morgan fingerprint density at radius 2 is 2.10 bits per heavy atom. The van der Waals surface area contributed by atoms with E-state index in [0.717, 1.165) is 10.9 Å². The number of rotatable bonds is 4. The maximum absolute atomic E-state index is 12.5. The van der Waals surface area contributed by atoms with Crippen molar-refractivity contribution in [2.75, 3.05) is 12.9 Å². The molecule has 1 aliphatic rings. The Kier molecular flexibility index (Phi) is 3.88. The molecule has 0 radical (unpaired) electrons. The molecule has 0 saturated heterocycles. The molecule has 0 amide bonds. The average molecular weight is 304 g/mol. The van der Waals surface area contributed by atoms with Crippen molar-refractivity contribution in [3.8, 4) is 17.4 Å². The topological polar surface area (TPSA) is 53.4 Å². The molecule has 0 N–H and O–H groups in total. The second kappa shape index (κ2) is 5.81. The molecule has 110 valence electrons. The summed E-state index contributed by atoms with van der Waals surface area (Å²) in [6.07, 6.45) is 0.585. The van der Waals surface area contributed by atoms with Crippen LogP contribution in [0.15, 0.2) is 34.2 Å². The molecule has 0 spiro atoms. The van der Waals surface area contributed by atoms with Gasteiger partial charge in [0.15, 0.2) is 16.7 Å². The normalized spacial score (nSPS) is 13.0. The van der Waals surface area contributed by atoms with Gasteiger partial charge in [-0.1, -0.05) is 30.8 Å². The highest BCUT2D eigenvalue weighted by Crippen LogP contribution is 2.33. The van der Waals surface area contributed by atoms with E-state index in [1.807, 2.05) is 25.1 Å². The first-order valence-corrected chi connectivity index (χ1v) is 7.80. The van der Waals surface area contributed by atoms with Gasteiger partial charge >= 0.3 is 0 Å². The van der Waals surface area contributed by atoms with E-state index in [9.17, 15) is 4.79 Å². The van der Waals surface area contributed by atoms with Gasteiger partial charge in [0.25, 0.3) is 5.56 Å². The largest absolute Gasteiger partial charge is 0.493 e. The lowest BCUT2D eigenvalue weighted by Crippen LogP contribution is -2.24. The number of methoxy groups -OCH3 is 1. The van der Waals surface area contributed by atoms with Gasteiger partial charge in [0.2, 0.25) is 5.88 Å². The van der Waals surface area contributed by atoms with E-state index < -0.39 is 0 Å². The number of para-hydroxylation sites is 2. The highest BCUT2D eigenvalue weighted by atomic mass is 32.2. The molecule has 6 heteroatoms. The van der Waals surface area contributed by atoms with E-state index in [1.165, 1.54) is 0 Å². The van der Waals surface area contributed by atoms with Gasteiger partial charge in [0, 0.05) is 12.3 Å². The Morgan fingerprint density at radius 3 is 2.81 bits per heavy atom. The van der Waals surface area contributed by atoms with Gasteiger partial charge in [-0.2, -0.15) is 4.98 Å². The molecule has 0 bridgehead atoms. The van der Waals surface area contributed by atoms with Crippen molar-refractivity contribution in [3.63, 3.8) is 0 Å². The molecule has 0 atom stereocenters. The van der Waals surface area contributed by atoms with Crippen LogP contribution < -0.4 is 15.0 Å². The molecular weight excluding hydrogens is 288 g/mol. The molecule has 1 aliphatic heterocycles. The summed E-state index contributed by atoms with van der Waals surface area (Å²) in [7, 11) is 1.59. The van der Waals surface area contributed by atoms with E-state index in [-0.39, 0.29) is 5.56 Å². The van der Waals surface area contributed by atoms with Crippen molar-refractivity contribution in [2.45, 2.75) is 25.0 Å². The molecule has 0 fully saturated rings. The van der Waals surface area contributed by atoms with Crippen LogP contribution >= 0.6 is 11.8 Å². The summed E-state index contributed by atoms with van der Waals surface area (Å²) in [5, 5.41) is 0.724. The van der Waals surface area contributed by atoms with Gasteiger partial charge in [0.1, 0.15) is 0 Å². The summed E-state index contributed by atoms with van der Waals surface area (Å²) in [6, 6.07) is 7.35. The van der Waals surface area contributed by atoms with E-state index >= 15 is 0 Å². The highest BCUT2D eigenvalue weighted by Gasteiger charge is 2.21. The van der Waals surface area contributed by atoms with Gasteiger partial charge in [-0.15, -0.1) is 0 Å². The second-order valence-electron chi connectivity index (χ2n) is 4.59. The summed E-state index contributed by atoms with van der Waals surface area (Å²) in [5.74, 6) is 2.44. The zero-order valence-corrected chi connectivity index (χ0v) is 12.8. The van der Waals surface area contributed by atoms with Crippen molar-refractivity contribution in [1.82, 2.24) is 9.55 Å². The van der Waals surface area contributed by atoms with Crippen LogP contribution in [-0.4, -0.2) is 22.4 Å². The minimum Gasteiger partial charge on any atom is -0.493 e. The molecule has 2 heterocycles. The maximum atomic E-state index is 12.5. The first kappa shape index (κ1) is 14.0. The number of thioether (sulfide) groups is 1. The number of aromatic nitrogens is 2. The Balaban J connectivity index is 2.07. The van der Waals surface area contributed by atoms with Crippen LogP contribution in [0.3, 0.4) is 0 Å². The minimum atomic E-state index is -0.00241. The maximum Gasteiger partial charge on any atom is 0.261 e. The molecule has 0 unspecified atom stereocenters. The molecule has 3 rings (SSSR count). The number of hydrogen-bond donors (Lipinski definition) is 0. The molecule has 1 aromatic carbocycles. The standard InChI is InChI=1S/C15H16N2O3S/c1-3-10-13(16-15-17(14(10)18)8-9-21-15)20-12-7-5-4-6-11(12)19-2/h4-7H,3,8-9H2,1-2H3. The van der Waals surface area contributed by atoms with Crippen LogP contribution in [0.25, 0.3) is 0 Å². The summed E-state index contributed by atoms with van der Waals surface area (Å²) in [6.45, 7) is 2.65. The summed E-state index contributed by atoms with van der Waals surface area (Å²) < 4.78 is 12.9. The van der Waals surface area contributed by atoms with Crippen LogP contribution in [0.1, 0.15) is 12.5 Å². The number of nitrogens with zero attached hydrogens (tertiary/aromatic N) is 2. The molecule has 0 saturated carbocycles. The number of benzene rings is 1. The summed E-state index contributed by atoms with van der Waals surface area (Å²) >= 11 is 1.58. The van der Waals surface area contributed by atoms with Gasteiger partial charge in [-0.05, 0) is 18.6 Å². The molecule has 21 heavy (non-hydrogen) atoms. The number of fused-ring (bicyclic) bond motifs is 1. The SMILES string of the molecule is CCc1c(Oc2ccccc2OC)nc2n(c1=O)CCS2. The fraction of sp³-hybridized carbons (Fsp3) is 0.333. The van der Waals surface area contributed by atoms with E-state index in [1.54, 1.807) is 29.5 Å².